The van der Waals surface area contributed by atoms with Crippen molar-refractivity contribution in [2.45, 2.75) is 26.3 Å². The molecule has 2 nitrogen and oxygen atoms in total. The molecule has 0 aromatic carbocycles. The molecule has 1 N–H and O–H groups in total. The van der Waals surface area contributed by atoms with Gasteiger partial charge in [-0.05, 0) is 24.9 Å². The zero-order chi connectivity index (χ0) is 9.23. The third-order valence-corrected chi connectivity index (χ3v) is 2.63. The van der Waals surface area contributed by atoms with E-state index in [0.29, 0.717) is 6.04 Å². The maximum absolute atomic E-state index is 4.95. The van der Waals surface area contributed by atoms with Crippen LogP contribution in [0.1, 0.15) is 20.3 Å². The fourth-order valence-electron chi connectivity index (χ4n) is 0.914. The van der Waals surface area contributed by atoms with Crippen molar-refractivity contribution in [1.82, 2.24) is 5.32 Å². The second-order valence-electron chi connectivity index (χ2n) is 2.83. The quantitative estimate of drug-likeness (QED) is 0.591. The number of rotatable bonds is 8. The Kier molecular flexibility index (Phi) is 9.57. The van der Waals surface area contributed by atoms with Gasteiger partial charge in [-0.25, -0.2) is 0 Å². The van der Waals surface area contributed by atoms with Crippen molar-refractivity contribution in [3.05, 3.63) is 0 Å². The normalized spacial score (nSPS) is 13.2. The van der Waals surface area contributed by atoms with E-state index in [0.717, 1.165) is 13.2 Å². The lowest BCUT2D eigenvalue weighted by atomic mass is 10.2. The first-order valence-electron chi connectivity index (χ1n) is 4.61. The van der Waals surface area contributed by atoms with E-state index in [9.17, 15) is 0 Å². The molecule has 0 radical (unpaired) electrons. The minimum absolute atomic E-state index is 0.624. The molecule has 74 valence electrons. The Morgan fingerprint density at radius 2 is 2.25 bits per heavy atom. The number of thioether (sulfide) groups is 1. The highest BCUT2D eigenvalue weighted by molar-refractivity contribution is 7.99. The van der Waals surface area contributed by atoms with Crippen molar-refractivity contribution in [1.29, 1.82) is 0 Å². The van der Waals surface area contributed by atoms with Crippen LogP contribution in [0.15, 0.2) is 0 Å². The minimum Gasteiger partial charge on any atom is -0.383 e. The van der Waals surface area contributed by atoms with Gasteiger partial charge in [0.2, 0.25) is 0 Å². The maximum Gasteiger partial charge on any atom is 0.0587 e. The number of hydrogen-bond donors (Lipinski definition) is 1. The van der Waals surface area contributed by atoms with Gasteiger partial charge in [0.05, 0.1) is 6.61 Å². The third kappa shape index (κ3) is 8.37. The van der Waals surface area contributed by atoms with E-state index in [4.69, 9.17) is 4.74 Å². The SMILES string of the molecule is CCSCCC(C)NCCOC. The molecule has 0 aromatic heterocycles. The zero-order valence-corrected chi connectivity index (χ0v) is 9.25. The monoisotopic (exact) mass is 191 g/mol. The molecule has 12 heavy (non-hydrogen) atoms. The zero-order valence-electron chi connectivity index (χ0n) is 8.43. The molecule has 0 heterocycles. The molecule has 0 aliphatic carbocycles. The second-order valence-corrected chi connectivity index (χ2v) is 4.23. The van der Waals surface area contributed by atoms with Crippen LogP contribution in [0, 0.1) is 0 Å². The smallest absolute Gasteiger partial charge is 0.0587 e. The number of nitrogens with one attached hydrogen (secondary N) is 1. The highest BCUT2D eigenvalue weighted by Gasteiger charge is 1.98. The molecule has 0 saturated heterocycles. The van der Waals surface area contributed by atoms with E-state index in [1.165, 1.54) is 17.9 Å². The topological polar surface area (TPSA) is 21.3 Å². The molecule has 0 aliphatic rings. The number of ether oxygens (including phenoxy) is 1. The first-order chi connectivity index (χ1) is 5.81. The first kappa shape index (κ1) is 12.3. The Morgan fingerprint density at radius 3 is 2.83 bits per heavy atom. The van der Waals surface area contributed by atoms with Crippen molar-refractivity contribution in [3.63, 3.8) is 0 Å². The number of methoxy groups -OCH3 is 1. The Hall–Kier alpha value is 0.270. The summed E-state index contributed by atoms with van der Waals surface area (Å²) in [4.78, 5) is 0. The van der Waals surface area contributed by atoms with E-state index < -0.39 is 0 Å². The van der Waals surface area contributed by atoms with Gasteiger partial charge in [-0.3, -0.25) is 0 Å². The summed E-state index contributed by atoms with van der Waals surface area (Å²) in [7, 11) is 1.74. The van der Waals surface area contributed by atoms with Gasteiger partial charge in [0.15, 0.2) is 0 Å². The molecule has 1 atom stereocenters. The fraction of sp³-hybridized carbons (Fsp3) is 1.00. The summed E-state index contributed by atoms with van der Waals surface area (Å²) in [5.41, 5.74) is 0. The van der Waals surface area contributed by atoms with Crippen molar-refractivity contribution < 1.29 is 4.74 Å². The van der Waals surface area contributed by atoms with Gasteiger partial charge in [0.1, 0.15) is 0 Å². The van der Waals surface area contributed by atoms with Gasteiger partial charge in [-0.1, -0.05) is 6.92 Å². The molecule has 0 amide bonds. The van der Waals surface area contributed by atoms with Gasteiger partial charge in [0, 0.05) is 19.7 Å². The molecule has 0 saturated carbocycles. The predicted octanol–water partition coefficient (Wildman–Crippen LogP) is 1.75. The Balaban J connectivity index is 3.04. The molecule has 0 aliphatic heterocycles. The molecule has 3 heteroatoms. The van der Waals surface area contributed by atoms with Crippen LogP contribution < -0.4 is 5.32 Å². The fourth-order valence-corrected chi connectivity index (χ4v) is 1.72. The summed E-state index contributed by atoms with van der Waals surface area (Å²) in [6.07, 6.45) is 1.25. The largest absolute Gasteiger partial charge is 0.383 e. The highest BCUT2D eigenvalue weighted by Crippen LogP contribution is 2.03. The van der Waals surface area contributed by atoms with E-state index in [1.807, 2.05) is 11.8 Å². The Bertz CT molecular complexity index is 80.6. The molecule has 0 spiro atoms. The summed E-state index contributed by atoms with van der Waals surface area (Å²) in [5, 5.41) is 3.40. The van der Waals surface area contributed by atoms with Gasteiger partial charge in [-0.2, -0.15) is 11.8 Å². The van der Waals surface area contributed by atoms with Gasteiger partial charge < -0.3 is 10.1 Å². The number of hydrogen-bond acceptors (Lipinski definition) is 3. The van der Waals surface area contributed by atoms with Crippen molar-refractivity contribution in [3.8, 4) is 0 Å². The first-order valence-corrected chi connectivity index (χ1v) is 5.76. The molecule has 0 fully saturated rings. The van der Waals surface area contributed by atoms with Crippen LogP contribution in [-0.2, 0) is 4.74 Å². The van der Waals surface area contributed by atoms with Gasteiger partial charge >= 0.3 is 0 Å². The maximum atomic E-state index is 4.95. The van der Waals surface area contributed by atoms with Crippen LogP contribution >= 0.6 is 11.8 Å². The van der Waals surface area contributed by atoms with Gasteiger partial charge in [0.25, 0.3) is 0 Å². The van der Waals surface area contributed by atoms with Gasteiger partial charge in [-0.15, -0.1) is 0 Å². The summed E-state index contributed by atoms with van der Waals surface area (Å²) in [5.74, 6) is 2.49. The second kappa shape index (κ2) is 9.36. The lowest BCUT2D eigenvalue weighted by molar-refractivity contribution is 0.196. The van der Waals surface area contributed by atoms with Crippen LogP contribution in [0.25, 0.3) is 0 Å². The molecular weight excluding hydrogens is 170 g/mol. The molecule has 0 rings (SSSR count). The van der Waals surface area contributed by atoms with Crippen LogP contribution in [0.3, 0.4) is 0 Å². The molecule has 0 aromatic rings. The summed E-state index contributed by atoms with van der Waals surface area (Å²) in [6.45, 7) is 6.21. The van der Waals surface area contributed by atoms with E-state index in [2.05, 4.69) is 19.2 Å². The van der Waals surface area contributed by atoms with Crippen LogP contribution in [0.5, 0.6) is 0 Å². The lowest BCUT2D eigenvalue weighted by Gasteiger charge is -2.12. The molecular formula is C9H21NOS. The van der Waals surface area contributed by atoms with Crippen molar-refractivity contribution >= 4 is 11.8 Å². The van der Waals surface area contributed by atoms with E-state index in [-0.39, 0.29) is 0 Å². The van der Waals surface area contributed by atoms with E-state index in [1.54, 1.807) is 7.11 Å². The molecule has 1 unspecified atom stereocenters. The third-order valence-electron chi connectivity index (χ3n) is 1.70. The van der Waals surface area contributed by atoms with Crippen molar-refractivity contribution in [2.75, 3.05) is 31.8 Å². The Labute approximate surface area is 80.4 Å². The summed E-state index contributed by atoms with van der Waals surface area (Å²) in [6, 6.07) is 0.624. The summed E-state index contributed by atoms with van der Waals surface area (Å²) < 4.78 is 4.95. The summed E-state index contributed by atoms with van der Waals surface area (Å²) >= 11 is 2.00. The van der Waals surface area contributed by atoms with Crippen molar-refractivity contribution in [2.24, 2.45) is 0 Å². The molecule has 0 bridgehead atoms. The lowest BCUT2D eigenvalue weighted by Crippen LogP contribution is -2.29. The standard InChI is InChI=1S/C9H21NOS/c1-4-12-8-5-9(2)10-6-7-11-3/h9-10H,4-8H2,1-3H3. The van der Waals surface area contributed by atoms with Crippen LogP contribution in [-0.4, -0.2) is 37.8 Å². The van der Waals surface area contributed by atoms with Crippen LogP contribution in [0.4, 0.5) is 0 Å². The average molecular weight is 191 g/mol. The van der Waals surface area contributed by atoms with E-state index >= 15 is 0 Å². The highest BCUT2D eigenvalue weighted by atomic mass is 32.2. The average Bonchev–Trinajstić information content (AvgIpc) is 2.06. The predicted molar refractivity (Wildman–Crippen MR) is 57.0 cm³/mol. The minimum atomic E-state index is 0.624. The Morgan fingerprint density at radius 1 is 1.50 bits per heavy atom. The van der Waals surface area contributed by atoms with Crippen LogP contribution in [0.2, 0.25) is 0 Å².